The maximum Gasteiger partial charge on any atom is 0.278 e. The van der Waals surface area contributed by atoms with Crippen LogP contribution in [0.2, 0.25) is 0 Å². The molecular formula is C26H22N2O6. The Labute approximate surface area is 196 Å². The first kappa shape index (κ1) is 21.4. The minimum atomic E-state index is -0.427. The van der Waals surface area contributed by atoms with Gasteiger partial charge in [0.15, 0.2) is 11.5 Å². The van der Waals surface area contributed by atoms with E-state index in [9.17, 15) is 9.59 Å². The fraction of sp³-hybridized carbons (Fsp3) is 0.154. The number of rotatable bonds is 7. The van der Waals surface area contributed by atoms with Crippen LogP contribution < -0.4 is 24.3 Å². The van der Waals surface area contributed by atoms with Gasteiger partial charge in [0, 0.05) is 23.9 Å². The first-order valence-electron chi connectivity index (χ1n) is 10.6. The highest BCUT2D eigenvalue weighted by molar-refractivity contribution is 6.36. The number of methoxy groups -OCH3 is 2. The molecule has 0 aromatic heterocycles. The first-order valence-corrected chi connectivity index (χ1v) is 10.6. The summed E-state index contributed by atoms with van der Waals surface area (Å²) in [5.74, 6) is 1.53. The van der Waals surface area contributed by atoms with Crippen LogP contribution in [-0.2, 0) is 16.1 Å². The minimum Gasteiger partial charge on any atom is -0.497 e. The van der Waals surface area contributed by atoms with E-state index in [4.69, 9.17) is 18.9 Å². The molecule has 0 aliphatic carbocycles. The number of amides is 2. The van der Waals surface area contributed by atoms with Crippen molar-refractivity contribution < 1.29 is 28.5 Å². The lowest BCUT2D eigenvalue weighted by atomic mass is 10.0. The molecule has 5 rings (SSSR count). The predicted molar refractivity (Wildman–Crippen MR) is 125 cm³/mol. The van der Waals surface area contributed by atoms with E-state index in [-0.39, 0.29) is 24.9 Å². The largest absolute Gasteiger partial charge is 0.497 e. The van der Waals surface area contributed by atoms with Gasteiger partial charge < -0.3 is 24.3 Å². The van der Waals surface area contributed by atoms with Gasteiger partial charge in [-0.1, -0.05) is 36.4 Å². The third kappa shape index (κ3) is 3.90. The highest BCUT2D eigenvalue weighted by Crippen LogP contribution is 2.36. The van der Waals surface area contributed by atoms with Gasteiger partial charge in [0.1, 0.15) is 17.2 Å². The number of fused-ring (bicyclic) bond motifs is 1. The minimum absolute atomic E-state index is 0.0945. The SMILES string of the molecule is COc1cc(NC2=C(c3ccccc3)C(=O)N(Cc3ccc4c(c3)OCO4)C2=O)cc(OC)c1. The highest BCUT2D eigenvalue weighted by atomic mass is 16.7. The summed E-state index contributed by atoms with van der Waals surface area (Å²) in [6.07, 6.45) is 0. The zero-order valence-corrected chi connectivity index (χ0v) is 18.7. The Balaban J connectivity index is 1.51. The summed E-state index contributed by atoms with van der Waals surface area (Å²) in [7, 11) is 3.09. The molecule has 2 aliphatic rings. The van der Waals surface area contributed by atoms with Gasteiger partial charge in [-0.05, 0) is 23.3 Å². The maximum atomic E-state index is 13.5. The number of carbonyl (C=O) groups is 2. The van der Waals surface area contributed by atoms with Gasteiger partial charge in [0.05, 0.1) is 26.3 Å². The number of nitrogens with one attached hydrogen (secondary N) is 1. The highest BCUT2D eigenvalue weighted by Gasteiger charge is 2.39. The summed E-state index contributed by atoms with van der Waals surface area (Å²) in [5.41, 5.74) is 2.44. The molecule has 0 spiro atoms. The fourth-order valence-electron chi connectivity index (χ4n) is 3.95. The molecule has 172 valence electrons. The van der Waals surface area contributed by atoms with Crippen LogP contribution >= 0.6 is 0 Å². The second-order valence-electron chi connectivity index (χ2n) is 7.73. The van der Waals surface area contributed by atoms with Crippen molar-refractivity contribution in [3.05, 3.63) is 83.6 Å². The third-order valence-electron chi connectivity index (χ3n) is 5.63. The Bertz CT molecular complexity index is 1280. The van der Waals surface area contributed by atoms with Gasteiger partial charge in [-0.15, -0.1) is 0 Å². The Morgan fingerprint density at radius 3 is 2.26 bits per heavy atom. The second kappa shape index (κ2) is 8.82. The molecule has 8 nitrogen and oxygen atoms in total. The summed E-state index contributed by atoms with van der Waals surface area (Å²) in [4.78, 5) is 28.2. The molecule has 0 saturated carbocycles. The topological polar surface area (TPSA) is 86.3 Å². The van der Waals surface area contributed by atoms with Crippen LogP contribution in [0.1, 0.15) is 11.1 Å². The molecule has 8 heteroatoms. The van der Waals surface area contributed by atoms with Crippen LogP contribution in [-0.4, -0.2) is 37.7 Å². The summed E-state index contributed by atoms with van der Waals surface area (Å²) in [5, 5.41) is 3.14. The number of hydrogen-bond acceptors (Lipinski definition) is 7. The molecule has 1 N–H and O–H groups in total. The zero-order valence-electron chi connectivity index (χ0n) is 18.7. The second-order valence-corrected chi connectivity index (χ2v) is 7.73. The smallest absolute Gasteiger partial charge is 0.278 e. The lowest BCUT2D eigenvalue weighted by Crippen LogP contribution is -2.32. The van der Waals surface area contributed by atoms with Crippen LogP contribution in [0.15, 0.2) is 72.4 Å². The monoisotopic (exact) mass is 458 g/mol. The summed E-state index contributed by atoms with van der Waals surface area (Å²) in [6, 6.07) is 19.7. The zero-order chi connectivity index (χ0) is 23.7. The van der Waals surface area contributed by atoms with Gasteiger partial charge in [-0.25, -0.2) is 0 Å². The molecule has 2 amide bonds. The molecular weight excluding hydrogens is 436 g/mol. The number of nitrogens with zero attached hydrogens (tertiary/aromatic N) is 1. The number of ether oxygens (including phenoxy) is 4. The number of benzene rings is 3. The van der Waals surface area contributed by atoms with Crippen molar-refractivity contribution in [2.45, 2.75) is 6.54 Å². The summed E-state index contributed by atoms with van der Waals surface area (Å²) >= 11 is 0. The Morgan fingerprint density at radius 1 is 0.853 bits per heavy atom. The van der Waals surface area contributed by atoms with E-state index >= 15 is 0 Å². The van der Waals surface area contributed by atoms with Crippen LogP contribution in [0.4, 0.5) is 5.69 Å². The summed E-state index contributed by atoms with van der Waals surface area (Å²) < 4.78 is 21.5. The fourth-order valence-corrected chi connectivity index (χ4v) is 3.95. The first-order chi connectivity index (χ1) is 16.6. The number of imide groups is 1. The quantitative estimate of drug-likeness (QED) is 0.539. The lowest BCUT2D eigenvalue weighted by Gasteiger charge is -2.16. The Hall–Kier alpha value is -4.46. The van der Waals surface area contributed by atoms with Gasteiger partial charge in [-0.3, -0.25) is 14.5 Å². The number of hydrogen-bond donors (Lipinski definition) is 1. The van der Waals surface area contributed by atoms with E-state index in [2.05, 4.69) is 5.32 Å². The molecule has 2 aliphatic heterocycles. The Kier molecular flexibility index (Phi) is 5.55. The molecule has 0 atom stereocenters. The molecule has 3 aromatic rings. The van der Waals surface area contributed by atoms with E-state index in [0.717, 1.165) is 5.56 Å². The molecule has 0 bridgehead atoms. The van der Waals surface area contributed by atoms with Crippen molar-refractivity contribution in [1.82, 2.24) is 4.90 Å². The van der Waals surface area contributed by atoms with E-state index in [0.29, 0.717) is 39.8 Å². The van der Waals surface area contributed by atoms with Crippen molar-refractivity contribution in [2.24, 2.45) is 0 Å². The number of carbonyl (C=O) groups excluding carboxylic acids is 2. The standard InChI is InChI=1S/C26H22N2O6/c1-31-19-11-18(12-20(13-19)32-2)27-24-23(17-6-4-3-5-7-17)25(29)28(26(24)30)14-16-8-9-21-22(10-16)34-15-33-21/h3-13,27H,14-15H2,1-2H3. The molecule has 0 saturated heterocycles. The maximum absolute atomic E-state index is 13.5. The van der Waals surface area contributed by atoms with Crippen molar-refractivity contribution in [3.63, 3.8) is 0 Å². The molecule has 34 heavy (non-hydrogen) atoms. The third-order valence-corrected chi connectivity index (χ3v) is 5.63. The van der Waals surface area contributed by atoms with Crippen molar-refractivity contribution in [2.75, 3.05) is 26.3 Å². The van der Waals surface area contributed by atoms with E-state index in [1.807, 2.05) is 24.3 Å². The van der Waals surface area contributed by atoms with Gasteiger partial charge in [0.25, 0.3) is 11.8 Å². The molecule has 0 radical (unpaired) electrons. The van der Waals surface area contributed by atoms with Crippen molar-refractivity contribution >= 4 is 23.1 Å². The van der Waals surface area contributed by atoms with Crippen LogP contribution in [0, 0.1) is 0 Å². The molecule has 0 fully saturated rings. The number of anilines is 1. The van der Waals surface area contributed by atoms with Crippen LogP contribution in [0.3, 0.4) is 0 Å². The van der Waals surface area contributed by atoms with Crippen molar-refractivity contribution in [1.29, 1.82) is 0 Å². The average molecular weight is 458 g/mol. The van der Waals surface area contributed by atoms with Gasteiger partial charge in [0.2, 0.25) is 6.79 Å². The molecule has 2 heterocycles. The van der Waals surface area contributed by atoms with Crippen molar-refractivity contribution in [3.8, 4) is 23.0 Å². The summed E-state index contributed by atoms with van der Waals surface area (Å²) in [6.45, 7) is 0.245. The van der Waals surface area contributed by atoms with E-state index in [1.54, 1.807) is 56.7 Å². The Morgan fingerprint density at radius 2 is 1.56 bits per heavy atom. The van der Waals surface area contributed by atoms with Crippen LogP contribution in [0.5, 0.6) is 23.0 Å². The van der Waals surface area contributed by atoms with Crippen LogP contribution in [0.25, 0.3) is 5.57 Å². The molecule has 0 unspecified atom stereocenters. The predicted octanol–water partition coefficient (Wildman–Crippen LogP) is 3.82. The lowest BCUT2D eigenvalue weighted by molar-refractivity contribution is -0.137. The van der Waals surface area contributed by atoms with Gasteiger partial charge >= 0.3 is 0 Å². The average Bonchev–Trinajstić information content (AvgIpc) is 3.42. The normalized spacial score (nSPS) is 14.6. The van der Waals surface area contributed by atoms with E-state index in [1.165, 1.54) is 4.90 Å². The van der Waals surface area contributed by atoms with Gasteiger partial charge in [-0.2, -0.15) is 0 Å². The van der Waals surface area contributed by atoms with E-state index < -0.39 is 5.91 Å². The molecule has 3 aromatic carbocycles.